The lowest BCUT2D eigenvalue weighted by atomic mass is 10.1. The van der Waals surface area contributed by atoms with Gasteiger partial charge in [0.05, 0.1) is 17.5 Å². The predicted molar refractivity (Wildman–Crippen MR) is 120 cm³/mol. The van der Waals surface area contributed by atoms with Crippen molar-refractivity contribution in [3.8, 4) is 0 Å². The molecule has 0 aliphatic rings. The third-order valence-electron chi connectivity index (χ3n) is 4.63. The molecule has 0 atom stereocenters. The third kappa shape index (κ3) is 5.19. The number of carbonyl (C=O) groups is 2. The summed E-state index contributed by atoms with van der Waals surface area (Å²) < 4.78 is 5.08. The number of rotatable bonds is 7. The molecule has 3 aromatic carbocycles. The van der Waals surface area contributed by atoms with Gasteiger partial charge in [-0.25, -0.2) is 0 Å². The van der Waals surface area contributed by atoms with Crippen LogP contribution in [0.3, 0.4) is 0 Å². The fourth-order valence-electron chi connectivity index (χ4n) is 3.05. The van der Waals surface area contributed by atoms with Gasteiger partial charge in [-0.2, -0.15) is 0 Å². The lowest BCUT2D eigenvalue weighted by molar-refractivity contribution is 0.0950. The van der Waals surface area contributed by atoms with Gasteiger partial charge in [0, 0.05) is 17.9 Å². The number of carbonyl (C=O) groups excluding carboxylic acids is 2. The summed E-state index contributed by atoms with van der Waals surface area (Å²) >= 11 is 0. The molecular weight excluding hydrogens is 390 g/mol. The van der Waals surface area contributed by atoms with Crippen molar-refractivity contribution in [2.24, 2.45) is 0 Å². The second kappa shape index (κ2) is 9.45. The van der Waals surface area contributed by atoms with E-state index >= 15 is 0 Å². The zero-order chi connectivity index (χ0) is 21.5. The molecule has 0 bridgehead atoms. The van der Waals surface area contributed by atoms with Crippen LogP contribution in [0, 0.1) is 0 Å². The normalized spacial score (nSPS) is 10.3. The summed E-state index contributed by atoms with van der Waals surface area (Å²) in [7, 11) is 0. The summed E-state index contributed by atoms with van der Waals surface area (Å²) in [6, 6.07) is 27.6. The van der Waals surface area contributed by atoms with E-state index in [1.165, 1.54) is 6.26 Å². The van der Waals surface area contributed by atoms with Crippen LogP contribution in [0.25, 0.3) is 0 Å². The Balaban J connectivity index is 1.36. The largest absolute Gasteiger partial charge is 0.459 e. The van der Waals surface area contributed by atoms with E-state index in [0.29, 0.717) is 17.8 Å². The van der Waals surface area contributed by atoms with Crippen LogP contribution < -0.4 is 16.0 Å². The summed E-state index contributed by atoms with van der Waals surface area (Å²) in [6.45, 7) is 0.366. The average molecular weight is 411 g/mol. The minimum atomic E-state index is -0.312. The summed E-state index contributed by atoms with van der Waals surface area (Å²) in [5.41, 5.74) is 3.78. The first-order valence-corrected chi connectivity index (χ1v) is 9.82. The van der Waals surface area contributed by atoms with Gasteiger partial charge >= 0.3 is 0 Å². The molecular formula is C25H21N3O3. The summed E-state index contributed by atoms with van der Waals surface area (Å²) in [6.07, 6.45) is 1.45. The third-order valence-corrected chi connectivity index (χ3v) is 4.63. The monoisotopic (exact) mass is 411 g/mol. The Bertz CT molecular complexity index is 1150. The predicted octanol–water partition coefficient (Wildman–Crippen LogP) is 5.21. The van der Waals surface area contributed by atoms with Gasteiger partial charge < -0.3 is 20.4 Å². The van der Waals surface area contributed by atoms with E-state index in [-0.39, 0.29) is 17.6 Å². The quantitative estimate of drug-likeness (QED) is 0.390. The summed E-state index contributed by atoms with van der Waals surface area (Å²) in [5.74, 6) is -0.234. The molecule has 0 unspecified atom stereocenters. The van der Waals surface area contributed by atoms with Gasteiger partial charge in [-0.1, -0.05) is 42.5 Å². The van der Waals surface area contributed by atoms with E-state index in [1.54, 1.807) is 30.3 Å². The van der Waals surface area contributed by atoms with E-state index in [9.17, 15) is 9.59 Å². The second-order valence-corrected chi connectivity index (χ2v) is 6.85. The zero-order valence-corrected chi connectivity index (χ0v) is 16.7. The first-order chi connectivity index (χ1) is 15.2. The summed E-state index contributed by atoms with van der Waals surface area (Å²) in [4.78, 5) is 24.8. The van der Waals surface area contributed by atoms with Crippen LogP contribution in [-0.2, 0) is 6.54 Å². The maximum Gasteiger partial charge on any atom is 0.291 e. The number of nitrogens with one attached hydrogen (secondary N) is 3. The number of amides is 2. The van der Waals surface area contributed by atoms with Crippen LogP contribution in [0.1, 0.15) is 26.5 Å². The standard InChI is InChI=1S/C25H21N3O3/c29-24(21-9-4-5-10-22(21)27-19-7-2-1-3-8-19)26-17-18-12-14-20(15-13-18)28-25(30)23-11-6-16-31-23/h1-16,27H,17H2,(H,26,29)(H,28,30). The van der Waals surface area contributed by atoms with Crippen molar-refractivity contribution in [2.45, 2.75) is 6.54 Å². The highest BCUT2D eigenvalue weighted by molar-refractivity contribution is 6.02. The smallest absolute Gasteiger partial charge is 0.291 e. The molecule has 0 aliphatic carbocycles. The Morgan fingerprint density at radius 1 is 0.710 bits per heavy atom. The fourth-order valence-corrected chi connectivity index (χ4v) is 3.05. The Morgan fingerprint density at radius 2 is 1.45 bits per heavy atom. The molecule has 0 aliphatic heterocycles. The van der Waals surface area contributed by atoms with Gasteiger partial charge in [0.15, 0.2) is 5.76 Å². The van der Waals surface area contributed by atoms with E-state index < -0.39 is 0 Å². The van der Waals surface area contributed by atoms with Crippen molar-refractivity contribution in [3.63, 3.8) is 0 Å². The van der Waals surface area contributed by atoms with E-state index in [2.05, 4.69) is 16.0 Å². The van der Waals surface area contributed by atoms with Gasteiger partial charge in [0.25, 0.3) is 11.8 Å². The second-order valence-electron chi connectivity index (χ2n) is 6.85. The van der Waals surface area contributed by atoms with Gasteiger partial charge in [0.2, 0.25) is 0 Å². The number of benzene rings is 3. The number of hydrogen-bond acceptors (Lipinski definition) is 4. The molecule has 4 rings (SSSR count). The molecule has 6 nitrogen and oxygen atoms in total. The molecule has 6 heteroatoms. The lowest BCUT2D eigenvalue weighted by Gasteiger charge is -2.12. The highest BCUT2D eigenvalue weighted by Gasteiger charge is 2.11. The van der Waals surface area contributed by atoms with Crippen molar-refractivity contribution >= 4 is 28.9 Å². The van der Waals surface area contributed by atoms with Gasteiger partial charge in [-0.3, -0.25) is 9.59 Å². The molecule has 3 N–H and O–H groups in total. The van der Waals surface area contributed by atoms with Crippen LogP contribution in [-0.4, -0.2) is 11.8 Å². The van der Waals surface area contributed by atoms with Crippen LogP contribution >= 0.6 is 0 Å². The first kappa shape index (κ1) is 20.0. The molecule has 31 heavy (non-hydrogen) atoms. The van der Waals surface area contributed by atoms with Crippen molar-refractivity contribution in [2.75, 3.05) is 10.6 Å². The van der Waals surface area contributed by atoms with E-state index in [0.717, 1.165) is 16.9 Å². The van der Waals surface area contributed by atoms with E-state index in [4.69, 9.17) is 4.42 Å². The first-order valence-electron chi connectivity index (χ1n) is 9.82. The van der Waals surface area contributed by atoms with Crippen molar-refractivity contribution in [1.29, 1.82) is 0 Å². The molecule has 1 aromatic heterocycles. The molecule has 1 heterocycles. The lowest BCUT2D eigenvalue weighted by Crippen LogP contribution is -2.23. The Labute approximate surface area is 179 Å². The molecule has 0 saturated carbocycles. The van der Waals surface area contributed by atoms with Crippen molar-refractivity contribution in [1.82, 2.24) is 5.32 Å². The van der Waals surface area contributed by atoms with E-state index in [1.807, 2.05) is 60.7 Å². The average Bonchev–Trinajstić information content (AvgIpc) is 3.35. The molecule has 0 fully saturated rings. The Hall–Kier alpha value is -4.32. The topological polar surface area (TPSA) is 83.4 Å². The van der Waals surface area contributed by atoms with Crippen LogP contribution in [0.5, 0.6) is 0 Å². The number of hydrogen-bond donors (Lipinski definition) is 3. The highest BCUT2D eigenvalue weighted by atomic mass is 16.3. The molecule has 0 radical (unpaired) electrons. The SMILES string of the molecule is O=C(Nc1ccc(CNC(=O)c2ccccc2Nc2ccccc2)cc1)c1ccco1. The highest BCUT2D eigenvalue weighted by Crippen LogP contribution is 2.21. The Kier molecular flexibility index (Phi) is 6.09. The maximum atomic E-state index is 12.8. The van der Waals surface area contributed by atoms with Crippen LogP contribution in [0.4, 0.5) is 17.1 Å². The fraction of sp³-hybridized carbons (Fsp3) is 0.0400. The minimum absolute atomic E-state index is 0.172. The van der Waals surface area contributed by atoms with Crippen molar-refractivity contribution < 1.29 is 14.0 Å². The molecule has 0 saturated heterocycles. The minimum Gasteiger partial charge on any atom is -0.459 e. The summed E-state index contributed by atoms with van der Waals surface area (Å²) in [5, 5.41) is 8.99. The van der Waals surface area contributed by atoms with Crippen LogP contribution in [0.15, 0.2) is 102 Å². The zero-order valence-electron chi connectivity index (χ0n) is 16.7. The number of furan rings is 1. The van der Waals surface area contributed by atoms with Crippen molar-refractivity contribution in [3.05, 3.63) is 114 Å². The van der Waals surface area contributed by atoms with Crippen LogP contribution in [0.2, 0.25) is 0 Å². The molecule has 4 aromatic rings. The number of para-hydroxylation sites is 2. The van der Waals surface area contributed by atoms with Gasteiger partial charge in [-0.05, 0) is 54.1 Å². The maximum absolute atomic E-state index is 12.8. The van der Waals surface area contributed by atoms with Gasteiger partial charge in [0.1, 0.15) is 0 Å². The molecule has 2 amide bonds. The molecule has 0 spiro atoms. The number of anilines is 3. The Morgan fingerprint density at radius 3 is 2.19 bits per heavy atom. The molecule has 154 valence electrons. The van der Waals surface area contributed by atoms with Gasteiger partial charge in [-0.15, -0.1) is 0 Å².